The van der Waals surface area contributed by atoms with E-state index in [1.54, 1.807) is 18.2 Å². The summed E-state index contributed by atoms with van der Waals surface area (Å²) in [6.07, 6.45) is 1.07. The lowest BCUT2D eigenvalue weighted by Crippen LogP contribution is -2.33. The molecule has 2 aromatic carbocycles. The molecule has 0 aromatic heterocycles. The number of nitrogens with zero attached hydrogens (tertiary/aromatic N) is 4. The molecule has 28 heavy (non-hydrogen) atoms. The van der Waals surface area contributed by atoms with Crippen LogP contribution in [0.5, 0.6) is 5.75 Å². The molecule has 7 heteroatoms. The van der Waals surface area contributed by atoms with Gasteiger partial charge >= 0.3 is 5.69 Å². The largest absolute Gasteiger partial charge is 0.485 e. The van der Waals surface area contributed by atoms with Crippen LogP contribution in [0.1, 0.15) is 17.5 Å². The molecule has 1 heterocycles. The van der Waals surface area contributed by atoms with Crippen LogP contribution in [0.2, 0.25) is 0 Å². The lowest BCUT2D eigenvalue weighted by molar-refractivity contribution is -0.385. The van der Waals surface area contributed by atoms with Crippen LogP contribution in [0.4, 0.5) is 5.69 Å². The second kappa shape index (κ2) is 9.83. The van der Waals surface area contributed by atoms with E-state index in [4.69, 9.17) is 10.00 Å². The molecule has 1 aliphatic rings. The summed E-state index contributed by atoms with van der Waals surface area (Å²) in [7, 11) is 0. The Hall–Kier alpha value is -2.95. The minimum absolute atomic E-state index is 0.00644. The van der Waals surface area contributed by atoms with E-state index in [2.05, 4.69) is 15.9 Å². The summed E-state index contributed by atoms with van der Waals surface area (Å²) < 4.78 is 5.66. The molecule has 146 valence electrons. The molecule has 7 nitrogen and oxygen atoms in total. The van der Waals surface area contributed by atoms with Gasteiger partial charge in [0.15, 0.2) is 5.75 Å². The van der Waals surface area contributed by atoms with Gasteiger partial charge in [0.1, 0.15) is 6.61 Å². The van der Waals surface area contributed by atoms with Crippen molar-refractivity contribution in [2.45, 2.75) is 13.0 Å². The number of hydrogen-bond donors (Lipinski definition) is 0. The third kappa shape index (κ3) is 5.52. The van der Waals surface area contributed by atoms with Gasteiger partial charge in [-0.15, -0.1) is 0 Å². The summed E-state index contributed by atoms with van der Waals surface area (Å²) in [6, 6.07) is 16.4. The van der Waals surface area contributed by atoms with Crippen molar-refractivity contribution in [1.29, 1.82) is 5.26 Å². The van der Waals surface area contributed by atoms with E-state index in [1.165, 1.54) is 11.6 Å². The molecule has 1 fully saturated rings. The van der Waals surface area contributed by atoms with Crippen LogP contribution >= 0.6 is 0 Å². The SMILES string of the molecule is N#Cc1ccc(CN2CCCN(CCOc3ccccc3[N+](=O)[O-])CC2)cc1. The molecule has 0 aliphatic carbocycles. The van der Waals surface area contributed by atoms with Crippen LogP contribution in [-0.2, 0) is 6.54 Å². The highest BCUT2D eigenvalue weighted by molar-refractivity contribution is 5.45. The molecule has 0 amide bonds. The first-order valence-electron chi connectivity index (χ1n) is 9.45. The van der Waals surface area contributed by atoms with Gasteiger partial charge in [-0.2, -0.15) is 5.26 Å². The number of nitriles is 1. The maximum absolute atomic E-state index is 11.0. The predicted molar refractivity (Wildman–Crippen MR) is 106 cm³/mol. The number of ether oxygens (including phenoxy) is 1. The van der Waals surface area contributed by atoms with E-state index in [0.29, 0.717) is 17.9 Å². The van der Waals surface area contributed by atoms with E-state index in [0.717, 1.165) is 45.7 Å². The molecule has 2 aromatic rings. The van der Waals surface area contributed by atoms with Crippen molar-refractivity contribution in [3.8, 4) is 11.8 Å². The van der Waals surface area contributed by atoms with Gasteiger partial charge in [0.05, 0.1) is 16.6 Å². The molecule has 0 unspecified atom stereocenters. The Kier molecular flexibility index (Phi) is 6.95. The third-order valence-corrected chi connectivity index (χ3v) is 4.90. The first-order valence-corrected chi connectivity index (χ1v) is 9.45. The fourth-order valence-corrected chi connectivity index (χ4v) is 3.36. The molecule has 0 bridgehead atoms. The number of benzene rings is 2. The number of nitro groups is 1. The number of nitro benzene ring substituents is 1. The number of para-hydroxylation sites is 2. The van der Waals surface area contributed by atoms with Crippen molar-refractivity contribution in [3.05, 3.63) is 69.8 Å². The Labute approximate surface area is 164 Å². The van der Waals surface area contributed by atoms with Crippen molar-refractivity contribution < 1.29 is 9.66 Å². The van der Waals surface area contributed by atoms with Crippen LogP contribution in [0.25, 0.3) is 0 Å². The molecule has 0 saturated carbocycles. The van der Waals surface area contributed by atoms with Crippen molar-refractivity contribution in [2.24, 2.45) is 0 Å². The quantitative estimate of drug-likeness (QED) is 0.542. The topological polar surface area (TPSA) is 82.6 Å². The normalized spacial score (nSPS) is 15.5. The fourth-order valence-electron chi connectivity index (χ4n) is 3.36. The van der Waals surface area contributed by atoms with E-state index >= 15 is 0 Å². The predicted octanol–water partition coefficient (Wildman–Crippen LogP) is 3.05. The van der Waals surface area contributed by atoms with E-state index in [1.807, 2.05) is 24.3 Å². The Bertz CT molecular complexity index is 832. The summed E-state index contributed by atoms with van der Waals surface area (Å²) >= 11 is 0. The van der Waals surface area contributed by atoms with Gasteiger partial charge in [0.2, 0.25) is 0 Å². The molecule has 0 atom stereocenters. The first kappa shape index (κ1) is 19.8. The van der Waals surface area contributed by atoms with E-state index in [9.17, 15) is 10.1 Å². The van der Waals surface area contributed by atoms with E-state index in [-0.39, 0.29) is 5.69 Å². The summed E-state index contributed by atoms with van der Waals surface area (Å²) in [4.78, 5) is 15.4. The molecule has 0 N–H and O–H groups in total. The highest BCUT2D eigenvalue weighted by Gasteiger charge is 2.17. The van der Waals surface area contributed by atoms with Gasteiger partial charge in [-0.1, -0.05) is 24.3 Å². The Morgan fingerprint density at radius 3 is 2.50 bits per heavy atom. The van der Waals surface area contributed by atoms with E-state index < -0.39 is 4.92 Å². The third-order valence-electron chi connectivity index (χ3n) is 4.90. The molecule has 3 rings (SSSR count). The van der Waals surface area contributed by atoms with Crippen molar-refractivity contribution in [1.82, 2.24) is 9.80 Å². The van der Waals surface area contributed by atoms with Crippen molar-refractivity contribution in [2.75, 3.05) is 39.3 Å². The molecule has 0 spiro atoms. The van der Waals surface area contributed by atoms with Gasteiger partial charge < -0.3 is 4.74 Å². The number of hydrogen-bond acceptors (Lipinski definition) is 6. The van der Waals surface area contributed by atoms with Gasteiger partial charge in [0, 0.05) is 32.2 Å². The van der Waals surface area contributed by atoms with Crippen molar-refractivity contribution in [3.63, 3.8) is 0 Å². The van der Waals surface area contributed by atoms with Crippen LogP contribution in [0.15, 0.2) is 48.5 Å². The molecule has 1 aliphatic heterocycles. The maximum atomic E-state index is 11.0. The molecular formula is C21H24N4O3. The van der Waals surface area contributed by atoms with Crippen LogP contribution in [0, 0.1) is 21.4 Å². The Balaban J connectivity index is 1.45. The minimum atomic E-state index is -0.414. The maximum Gasteiger partial charge on any atom is 0.310 e. The number of rotatable bonds is 7. The molecular weight excluding hydrogens is 356 g/mol. The average molecular weight is 380 g/mol. The zero-order chi connectivity index (χ0) is 19.8. The zero-order valence-electron chi connectivity index (χ0n) is 15.8. The average Bonchev–Trinajstić information content (AvgIpc) is 2.94. The minimum Gasteiger partial charge on any atom is -0.485 e. The second-order valence-electron chi connectivity index (χ2n) is 6.85. The van der Waals surface area contributed by atoms with Crippen LogP contribution in [0.3, 0.4) is 0 Å². The van der Waals surface area contributed by atoms with Crippen molar-refractivity contribution >= 4 is 5.69 Å². The lowest BCUT2D eigenvalue weighted by atomic mass is 10.1. The highest BCUT2D eigenvalue weighted by Crippen LogP contribution is 2.25. The summed E-state index contributed by atoms with van der Waals surface area (Å²) in [5.74, 6) is 0.324. The van der Waals surface area contributed by atoms with Gasteiger partial charge in [-0.25, -0.2) is 0 Å². The Morgan fingerprint density at radius 2 is 1.75 bits per heavy atom. The summed E-state index contributed by atoms with van der Waals surface area (Å²) in [5.41, 5.74) is 1.91. The second-order valence-corrected chi connectivity index (χ2v) is 6.85. The van der Waals surface area contributed by atoms with Crippen LogP contribution < -0.4 is 4.74 Å². The van der Waals surface area contributed by atoms with Crippen LogP contribution in [-0.4, -0.2) is 54.1 Å². The Morgan fingerprint density at radius 1 is 1.04 bits per heavy atom. The van der Waals surface area contributed by atoms with Gasteiger partial charge in [-0.3, -0.25) is 19.9 Å². The lowest BCUT2D eigenvalue weighted by Gasteiger charge is -2.22. The summed E-state index contributed by atoms with van der Waals surface area (Å²) in [5, 5.41) is 19.9. The van der Waals surface area contributed by atoms with Gasteiger partial charge in [-0.05, 0) is 43.3 Å². The monoisotopic (exact) mass is 380 g/mol. The standard InChI is InChI=1S/C21H24N4O3/c22-16-18-6-8-19(9-7-18)17-24-11-3-10-23(12-13-24)14-15-28-21-5-2-1-4-20(21)25(26)27/h1-2,4-9H,3,10-15,17H2. The summed E-state index contributed by atoms with van der Waals surface area (Å²) in [6.45, 7) is 5.98. The smallest absolute Gasteiger partial charge is 0.310 e. The highest BCUT2D eigenvalue weighted by atomic mass is 16.6. The first-order chi connectivity index (χ1) is 13.7. The molecule has 0 radical (unpaired) electrons. The zero-order valence-corrected chi connectivity index (χ0v) is 15.8. The van der Waals surface area contributed by atoms with Gasteiger partial charge in [0.25, 0.3) is 0 Å². The fraction of sp³-hybridized carbons (Fsp3) is 0.381. The molecule has 1 saturated heterocycles.